The van der Waals surface area contributed by atoms with Gasteiger partial charge in [-0.05, 0) is 39.2 Å². The van der Waals surface area contributed by atoms with E-state index in [4.69, 9.17) is 5.73 Å². The summed E-state index contributed by atoms with van der Waals surface area (Å²) in [6, 6.07) is 5.19. The number of piperidine rings is 1. The summed E-state index contributed by atoms with van der Waals surface area (Å²) >= 11 is 0. The predicted octanol–water partition coefficient (Wildman–Crippen LogP) is 2.31. The van der Waals surface area contributed by atoms with Gasteiger partial charge in [0.15, 0.2) is 0 Å². The molecule has 0 spiro atoms. The third-order valence-electron chi connectivity index (χ3n) is 3.53. The number of hydrogen-bond donors (Lipinski definition) is 1. The van der Waals surface area contributed by atoms with Gasteiger partial charge in [-0.25, -0.2) is 4.98 Å². The van der Waals surface area contributed by atoms with E-state index >= 15 is 0 Å². The minimum atomic E-state index is 0.569. The molecular weight excluding hydrogens is 198 g/mol. The largest absolute Gasteiger partial charge is 0.351 e. The first-order valence-corrected chi connectivity index (χ1v) is 6.16. The molecule has 1 fully saturated rings. The maximum atomic E-state index is 5.78. The minimum absolute atomic E-state index is 0.569. The fourth-order valence-electron chi connectivity index (χ4n) is 2.66. The van der Waals surface area contributed by atoms with Crippen LogP contribution in [0.1, 0.15) is 38.7 Å². The van der Waals surface area contributed by atoms with E-state index in [1.165, 1.54) is 19.3 Å². The lowest BCUT2D eigenvalue weighted by atomic mass is 9.97. The third-order valence-corrected chi connectivity index (χ3v) is 3.53. The topological polar surface area (TPSA) is 42.2 Å². The maximum absolute atomic E-state index is 5.78. The summed E-state index contributed by atoms with van der Waals surface area (Å²) in [7, 11) is 0. The lowest BCUT2D eigenvalue weighted by Gasteiger charge is -2.40. The lowest BCUT2D eigenvalue weighted by Crippen LogP contribution is -2.44. The molecule has 3 heteroatoms. The highest BCUT2D eigenvalue weighted by atomic mass is 15.2. The van der Waals surface area contributed by atoms with Gasteiger partial charge in [0.1, 0.15) is 5.82 Å². The fourth-order valence-corrected chi connectivity index (χ4v) is 2.66. The number of pyridine rings is 1. The Morgan fingerprint density at radius 1 is 1.38 bits per heavy atom. The summed E-state index contributed by atoms with van der Waals surface area (Å²) < 4.78 is 0. The number of aromatic nitrogens is 1. The Morgan fingerprint density at radius 2 is 2.06 bits per heavy atom. The van der Waals surface area contributed by atoms with Crippen molar-refractivity contribution in [1.29, 1.82) is 0 Å². The predicted molar refractivity (Wildman–Crippen MR) is 67.4 cm³/mol. The van der Waals surface area contributed by atoms with Crippen molar-refractivity contribution in [1.82, 2.24) is 4.98 Å². The molecule has 2 N–H and O–H groups in total. The molecule has 88 valence electrons. The Balaban J connectivity index is 2.33. The van der Waals surface area contributed by atoms with Gasteiger partial charge in [-0.15, -0.1) is 0 Å². The Morgan fingerprint density at radius 3 is 2.69 bits per heavy atom. The molecule has 0 bridgehead atoms. The molecule has 3 nitrogen and oxygen atoms in total. The van der Waals surface area contributed by atoms with Gasteiger partial charge in [0.2, 0.25) is 0 Å². The highest BCUT2D eigenvalue weighted by Crippen LogP contribution is 2.29. The van der Waals surface area contributed by atoms with Crippen LogP contribution in [0.4, 0.5) is 5.82 Å². The van der Waals surface area contributed by atoms with Crippen molar-refractivity contribution in [3.63, 3.8) is 0 Å². The highest BCUT2D eigenvalue weighted by Gasteiger charge is 2.26. The zero-order chi connectivity index (χ0) is 11.5. The second-order valence-electron chi connectivity index (χ2n) is 4.73. The summed E-state index contributed by atoms with van der Waals surface area (Å²) in [5.74, 6) is 1.09. The summed E-state index contributed by atoms with van der Waals surface area (Å²) in [5, 5.41) is 0. The Hall–Kier alpha value is -1.09. The average molecular weight is 219 g/mol. The van der Waals surface area contributed by atoms with Crippen molar-refractivity contribution in [3.8, 4) is 0 Å². The number of hydrogen-bond acceptors (Lipinski definition) is 3. The standard InChI is InChI=1S/C13H21N3/c1-10-5-3-6-11(2)16(10)13-12(9-14)7-4-8-15-13/h4,7-8,10-11H,3,5-6,9,14H2,1-2H3. The molecule has 0 amide bonds. The molecule has 2 heterocycles. The van der Waals surface area contributed by atoms with E-state index in [1.54, 1.807) is 0 Å². The van der Waals surface area contributed by atoms with Crippen LogP contribution in [0, 0.1) is 0 Å². The normalized spacial score (nSPS) is 25.8. The van der Waals surface area contributed by atoms with Crippen LogP contribution in [0.25, 0.3) is 0 Å². The van der Waals surface area contributed by atoms with Crippen molar-refractivity contribution >= 4 is 5.82 Å². The molecular formula is C13H21N3. The second-order valence-corrected chi connectivity index (χ2v) is 4.73. The van der Waals surface area contributed by atoms with Gasteiger partial charge in [-0.2, -0.15) is 0 Å². The molecule has 0 aromatic carbocycles. The molecule has 2 rings (SSSR count). The van der Waals surface area contributed by atoms with Gasteiger partial charge in [-0.1, -0.05) is 6.07 Å². The first kappa shape index (κ1) is 11.4. The number of anilines is 1. The molecule has 16 heavy (non-hydrogen) atoms. The first-order valence-electron chi connectivity index (χ1n) is 6.16. The monoisotopic (exact) mass is 219 g/mol. The summed E-state index contributed by atoms with van der Waals surface area (Å²) in [4.78, 5) is 6.96. The van der Waals surface area contributed by atoms with E-state index < -0.39 is 0 Å². The lowest BCUT2D eigenvalue weighted by molar-refractivity contribution is 0.410. The van der Waals surface area contributed by atoms with Crippen molar-refractivity contribution in [2.45, 2.75) is 51.7 Å². The van der Waals surface area contributed by atoms with Crippen LogP contribution in [0.3, 0.4) is 0 Å². The summed E-state index contributed by atoms with van der Waals surface area (Å²) in [6.45, 7) is 5.13. The molecule has 2 unspecified atom stereocenters. The van der Waals surface area contributed by atoms with Crippen LogP contribution in [0.15, 0.2) is 18.3 Å². The fraction of sp³-hybridized carbons (Fsp3) is 0.615. The smallest absolute Gasteiger partial charge is 0.133 e. The quantitative estimate of drug-likeness (QED) is 0.830. The number of rotatable bonds is 2. The SMILES string of the molecule is CC1CCCC(C)N1c1ncccc1CN. The maximum Gasteiger partial charge on any atom is 0.133 e. The van der Waals surface area contributed by atoms with Crippen molar-refractivity contribution < 1.29 is 0 Å². The molecule has 1 aliphatic rings. The van der Waals surface area contributed by atoms with Gasteiger partial charge >= 0.3 is 0 Å². The van der Waals surface area contributed by atoms with Gasteiger partial charge in [0.25, 0.3) is 0 Å². The van der Waals surface area contributed by atoms with Crippen LogP contribution in [-0.2, 0) is 6.54 Å². The third kappa shape index (κ3) is 2.05. The van der Waals surface area contributed by atoms with Gasteiger partial charge in [0, 0.05) is 30.4 Å². The zero-order valence-electron chi connectivity index (χ0n) is 10.2. The molecule has 0 aliphatic carbocycles. The Labute approximate surface area is 97.7 Å². The molecule has 2 atom stereocenters. The average Bonchev–Trinajstić information content (AvgIpc) is 2.29. The molecule has 1 aromatic heterocycles. The van der Waals surface area contributed by atoms with Crippen LogP contribution in [0.5, 0.6) is 0 Å². The first-order chi connectivity index (χ1) is 7.74. The van der Waals surface area contributed by atoms with E-state index in [0.29, 0.717) is 18.6 Å². The molecule has 0 radical (unpaired) electrons. The van der Waals surface area contributed by atoms with Gasteiger partial charge < -0.3 is 10.6 Å². The van der Waals surface area contributed by atoms with Gasteiger partial charge in [-0.3, -0.25) is 0 Å². The van der Waals surface area contributed by atoms with Crippen LogP contribution in [-0.4, -0.2) is 17.1 Å². The summed E-state index contributed by atoms with van der Waals surface area (Å²) in [5.41, 5.74) is 6.94. The van der Waals surface area contributed by atoms with E-state index in [0.717, 1.165) is 11.4 Å². The van der Waals surface area contributed by atoms with Crippen molar-refractivity contribution in [2.75, 3.05) is 4.90 Å². The molecule has 0 saturated carbocycles. The van der Waals surface area contributed by atoms with Gasteiger partial charge in [0.05, 0.1) is 0 Å². The zero-order valence-corrected chi connectivity index (χ0v) is 10.2. The van der Waals surface area contributed by atoms with Crippen molar-refractivity contribution in [3.05, 3.63) is 23.9 Å². The van der Waals surface area contributed by atoms with E-state index in [-0.39, 0.29) is 0 Å². The molecule has 1 aliphatic heterocycles. The molecule has 1 aromatic rings. The Kier molecular flexibility index (Phi) is 3.44. The van der Waals surface area contributed by atoms with Crippen LogP contribution >= 0.6 is 0 Å². The Bertz CT molecular complexity index is 341. The minimum Gasteiger partial charge on any atom is -0.351 e. The van der Waals surface area contributed by atoms with Crippen molar-refractivity contribution in [2.24, 2.45) is 5.73 Å². The van der Waals surface area contributed by atoms with E-state index in [2.05, 4.69) is 29.8 Å². The molecule has 1 saturated heterocycles. The number of nitrogens with two attached hydrogens (primary N) is 1. The van der Waals surface area contributed by atoms with E-state index in [9.17, 15) is 0 Å². The summed E-state index contributed by atoms with van der Waals surface area (Å²) in [6.07, 6.45) is 5.70. The highest BCUT2D eigenvalue weighted by molar-refractivity contribution is 5.48. The number of nitrogens with zero attached hydrogens (tertiary/aromatic N) is 2. The van der Waals surface area contributed by atoms with Crippen LogP contribution < -0.4 is 10.6 Å². The van der Waals surface area contributed by atoms with E-state index in [1.807, 2.05) is 12.3 Å². The van der Waals surface area contributed by atoms with Crippen LogP contribution in [0.2, 0.25) is 0 Å². The second kappa shape index (κ2) is 4.83.